The Morgan fingerprint density at radius 3 is 2.47 bits per heavy atom. The normalized spacial score (nSPS) is 10.3. The second-order valence-electron chi connectivity index (χ2n) is 3.26. The molecular weight excluding hydrogens is 192 g/mol. The van der Waals surface area contributed by atoms with E-state index in [9.17, 15) is 4.79 Å². The van der Waals surface area contributed by atoms with Gasteiger partial charge in [0, 0.05) is 25.8 Å². The van der Waals surface area contributed by atoms with Crippen molar-refractivity contribution in [3.63, 3.8) is 0 Å². The van der Waals surface area contributed by atoms with Crippen LogP contribution in [0.1, 0.15) is 31.1 Å². The summed E-state index contributed by atoms with van der Waals surface area (Å²) in [7, 11) is 0. The minimum absolute atomic E-state index is 0.0443. The number of nitrogens with two attached hydrogens (primary N) is 1. The number of aryl methyl sites for hydroxylation is 1. The van der Waals surface area contributed by atoms with Gasteiger partial charge in [-0.2, -0.15) is 5.10 Å². The van der Waals surface area contributed by atoms with Crippen LogP contribution < -0.4 is 5.73 Å². The number of anilines is 1. The van der Waals surface area contributed by atoms with Crippen LogP contribution in [0.2, 0.25) is 0 Å². The van der Waals surface area contributed by atoms with Crippen molar-refractivity contribution in [2.75, 3.05) is 18.8 Å². The lowest BCUT2D eigenvalue weighted by Crippen LogP contribution is -2.30. The minimum atomic E-state index is -0.0443. The third kappa shape index (κ3) is 2.29. The van der Waals surface area contributed by atoms with Crippen molar-refractivity contribution >= 4 is 11.7 Å². The van der Waals surface area contributed by atoms with Crippen molar-refractivity contribution in [2.24, 2.45) is 0 Å². The number of hydrogen-bond acceptors (Lipinski definition) is 3. The zero-order valence-corrected chi connectivity index (χ0v) is 9.53. The fourth-order valence-electron chi connectivity index (χ4n) is 1.44. The quantitative estimate of drug-likeness (QED) is 0.805. The summed E-state index contributed by atoms with van der Waals surface area (Å²) in [5.41, 5.74) is 6.19. The maximum absolute atomic E-state index is 11.9. The molecule has 0 fully saturated rings. The van der Waals surface area contributed by atoms with E-state index in [-0.39, 0.29) is 5.91 Å². The summed E-state index contributed by atoms with van der Waals surface area (Å²) in [4.78, 5) is 13.7. The van der Waals surface area contributed by atoms with E-state index in [1.807, 2.05) is 20.8 Å². The molecule has 0 saturated carbocycles. The second-order valence-corrected chi connectivity index (χ2v) is 3.26. The van der Waals surface area contributed by atoms with Gasteiger partial charge in [0.25, 0.3) is 5.91 Å². The lowest BCUT2D eigenvalue weighted by atomic mass is 10.3. The van der Waals surface area contributed by atoms with Crippen LogP contribution in [0, 0.1) is 0 Å². The van der Waals surface area contributed by atoms with Crippen molar-refractivity contribution < 1.29 is 4.79 Å². The van der Waals surface area contributed by atoms with Crippen LogP contribution in [0.25, 0.3) is 0 Å². The largest absolute Gasteiger partial charge is 0.382 e. The van der Waals surface area contributed by atoms with Gasteiger partial charge in [-0.3, -0.25) is 9.48 Å². The lowest BCUT2D eigenvalue weighted by molar-refractivity contribution is 0.0774. The van der Waals surface area contributed by atoms with Crippen LogP contribution >= 0.6 is 0 Å². The number of nitrogens with zero attached hydrogens (tertiary/aromatic N) is 3. The lowest BCUT2D eigenvalue weighted by Gasteiger charge is -2.17. The highest BCUT2D eigenvalue weighted by Gasteiger charge is 2.18. The predicted molar refractivity (Wildman–Crippen MR) is 59.6 cm³/mol. The van der Waals surface area contributed by atoms with Gasteiger partial charge >= 0.3 is 0 Å². The van der Waals surface area contributed by atoms with Crippen LogP contribution in [0.15, 0.2) is 6.20 Å². The van der Waals surface area contributed by atoms with Crippen molar-refractivity contribution in [3.05, 3.63) is 11.8 Å². The van der Waals surface area contributed by atoms with Gasteiger partial charge in [-0.15, -0.1) is 0 Å². The molecule has 1 aromatic heterocycles. The van der Waals surface area contributed by atoms with Crippen molar-refractivity contribution in [2.45, 2.75) is 27.3 Å². The van der Waals surface area contributed by atoms with Crippen molar-refractivity contribution in [1.82, 2.24) is 14.7 Å². The van der Waals surface area contributed by atoms with Gasteiger partial charge in [-0.1, -0.05) is 0 Å². The molecule has 1 rings (SSSR count). The minimum Gasteiger partial charge on any atom is -0.382 e. The molecule has 0 bridgehead atoms. The molecule has 0 aliphatic carbocycles. The van der Waals surface area contributed by atoms with E-state index in [1.165, 1.54) is 0 Å². The molecule has 0 aromatic carbocycles. The standard InChI is InChI=1S/C10H18N4O/c1-4-13(5-2)10(15)8-7-14(6-3)12-9(8)11/h7H,4-6H2,1-3H3,(H2,11,12). The Morgan fingerprint density at radius 2 is 2.07 bits per heavy atom. The monoisotopic (exact) mass is 210 g/mol. The summed E-state index contributed by atoms with van der Waals surface area (Å²) < 4.78 is 1.67. The molecule has 0 spiro atoms. The van der Waals surface area contributed by atoms with Gasteiger partial charge in [0.05, 0.1) is 0 Å². The van der Waals surface area contributed by atoms with Gasteiger partial charge in [0.1, 0.15) is 5.56 Å². The molecular formula is C10H18N4O. The maximum Gasteiger partial charge on any atom is 0.259 e. The number of hydrogen-bond donors (Lipinski definition) is 1. The number of aromatic nitrogens is 2. The predicted octanol–water partition coefficient (Wildman–Crippen LogP) is 0.967. The molecule has 0 saturated heterocycles. The first-order chi connectivity index (χ1) is 7.13. The molecule has 2 N–H and O–H groups in total. The van der Waals surface area contributed by atoms with Gasteiger partial charge < -0.3 is 10.6 Å². The fourth-order valence-corrected chi connectivity index (χ4v) is 1.44. The van der Waals surface area contributed by atoms with E-state index in [4.69, 9.17) is 5.73 Å². The number of rotatable bonds is 4. The molecule has 15 heavy (non-hydrogen) atoms. The maximum atomic E-state index is 11.9. The Kier molecular flexibility index (Phi) is 3.71. The van der Waals surface area contributed by atoms with E-state index in [0.717, 1.165) is 6.54 Å². The van der Waals surface area contributed by atoms with Crippen LogP contribution in [0.4, 0.5) is 5.82 Å². The molecule has 1 aromatic rings. The highest BCUT2D eigenvalue weighted by Crippen LogP contribution is 2.12. The average Bonchev–Trinajstić information content (AvgIpc) is 2.61. The Labute approximate surface area is 89.9 Å². The van der Waals surface area contributed by atoms with E-state index < -0.39 is 0 Å². The molecule has 5 nitrogen and oxygen atoms in total. The molecule has 0 aliphatic heterocycles. The molecule has 0 radical (unpaired) electrons. The van der Waals surface area contributed by atoms with Gasteiger partial charge in [0.15, 0.2) is 5.82 Å². The first-order valence-corrected chi connectivity index (χ1v) is 5.26. The number of amides is 1. The summed E-state index contributed by atoms with van der Waals surface area (Å²) >= 11 is 0. The zero-order valence-electron chi connectivity index (χ0n) is 9.53. The summed E-state index contributed by atoms with van der Waals surface area (Å²) in [5.74, 6) is 0.269. The molecule has 84 valence electrons. The fraction of sp³-hybridized carbons (Fsp3) is 0.600. The third-order valence-electron chi connectivity index (χ3n) is 2.40. The van der Waals surface area contributed by atoms with Crippen LogP contribution in [0.3, 0.4) is 0 Å². The van der Waals surface area contributed by atoms with E-state index >= 15 is 0 Å². The summed E-state index contributed by atoms with van der Waals surface area (Å²) in [6, 6.07) is 0. The van der Waals surface area contributed by atoms with Crippen LogP contribution in [-0.2, 0) is 6.54 Å². The molecule has 5 heteroatoms. The van der Waals surface area contributed by atoms with E-state index in [2.05, 4.69) is 5.10 Å². The highest BCUT2D eigenvalue weighted by molar-refractivity contribution is 5.98. The van der Waals surface area contributed by atoms with Crippen molar-refractivity contribution in [3.8, 4) is 0 Å². The molecule has 1 amide bonds. The number of carbonyl (C=O) groups excluding carboxylic acids is 1. The van der Waals surface area contributed by atoms with Crippen LogP contribution in [0.5, 0.6) is 0 Å². The average molecular weight is 210 g/mol. The van der Waals surface area contributed by atoms with Gasteiger partial charge in [-0.25, -0.2) is 0 Å². The Hall–Kier alpha value is -1.52. The molecule has 0 unspecified atom stereocenters. The first kappa shape index (κ1) is 11.6. The van der Waals surface area contributed by atoms with Gasteiger partial charge in [-0.05, 0) is 20.8 Å². The Balaban J connectivity index is 2.94. The van der Waals surface area contributed by atoms with Gasteiger partial charge in [0.2, 0.25) is 0 Å². The van der Waals surface area contributed by atoms with E-state index in [1.54, 1.807) is 15.8 Å². The Morgan fingerprint density at radius 1 is 1.47 bits per heavy atom. The first-order valence-electron chi connectivity index (χ1n) is 5.26. The smallest absolute Gasteiger partial charge is 0.259 e. The van der Waals surface area contributed by atoms with Crippen LogP contribution in [-0.4, -0.2) is 33.7 Å². The summed E-state index contributed by atoms with van der Waals surface area (Å²) in [6.45, 7) is 7.94. The third-order valence-corrected chi connectivity index (χ3v) is 2.40. The second kappa shape index (κ2) is 4.82. The van der Waals surface area contributed by atoms with E-state index in [0.29, 0.717) is 24.5 Å². The molecule has 0 aliphatic rings. The SMILES string of the molecule is CCN(CC)C(=O)c1cn(CC)nc1N. The topological polar surface area (TPSA) is 64.2 Å². The summed E-state index contributed by atoms with van der Waals surface area (Å²) in [5, 5.41) is 4.05. The number of nitrogen functional groups attached to an aromatic ring is 1. The number of carbonyl (C=O) groups is 1. The zero-order chi connectivity index (χ0) is 11.4. The highest BCUT2D eigenvalue weighted by atomic mass is 16.2. The van der Waals surface area contributed by atoms with Crippen molar-refractivity contribution in [1.29, 1.82) is 0 Å². The summed E-state index contributed by atoms with van der Waals surface area (Å²) in [6.07, 6.45) is 1.70. The molecule has 1 heterocycles. The molecule has 0 atom stereocenters. The Bertz CT molecular complexity index is 341.